The van der Waals surface area contributed by atoms with E-state index < -0.39 is 0 Å². The van der Waals surface area contributed by atoms with Gasteiger partial charge in [0, 0.05) is 0 Å². The Bertz CT molecular complexity index is 384. The number of alkyl halides is 1. The van der Waals surface area contributed by atoms with Crippen molar-refractivity contribution in [2.45, 2.75) is 11.4 Å². The number of hydrogen-bond donors (Lipinski definition) is 1. The summed E-state index contributed by atoms with van der Waals surface area (Å²) >= 11 is 6.37. The van der Waals surface area contributed by atoms with E-state index in [1.807, 2.05) is 60.7 Å². The van der Waals surface area contributed by atoms with Crippen molar-refractivity contribution in [3.05, 3.63) is 71.8 Å². The van der Waals surface area contributed by atoms with E-state index in [0.29, 0.717) is 0 Å². The van der Waals surface area contributed by atoms with Gasteiger partial charge in [0.1, 0.15) is 0 Å². The summed E-state index contributed by atoms with van der Waals surface area (Å²) in [5, 5.41) is -0.191. The Hall–Kier alpha value is -1.31. The van der Waals surface area contributed by atoms with Gasteiger partial charge in [0.25, 0.3) is 0 Å². The largest absolute Gasteiger partial charge is 0.322 e. The van der Waals surface area contributed by atoms with E-state index in [2.05, 4.69) is 0 Å². The molecule has 0 aliphatic heterocycles. The zero-order valence-corrected chi connectivity index (χ0v) is 9.64. The van der Waals surface area contributed by atoms with Crippen molar-refractivity contribution in [3.63, 3.8) is 0 Å². The third-order valence-electron chi connectivity index (χ3n) is 2.62. The second-order valence-corrected chi connectivity index (χ2v) is 4.22. The Morgan fingerprint density at radius 2 is 1.19 bits per heavy atom. The minimum absolute atomic E-state index is 0.176. The van der Waals surface area contributed by atoms with Crippen molar-refractivity contribution < 1.29 is 0 Å². The fourth-order valence-corrected chi connectivity index (χ4v) is 1.98. The summed E-state index contributed by atoms with van der Waals surface area (Å²) in [6, 6.07) is 19.7. The van der Waals surface area contributed by atoms with E-state index in [9.17, 15) is 0 Å². The highest BCUT2D eigenvalue weighted by Gasteiger charge is 2.18. The SMILES string of the molecule is N[C@@H](c1ccccc1)[C@H](Cl)c1ccccc1. The average molecular weight is 232 g/mol. The molecule has 2 N–H and O–H groups in total. The molecule has 16 heavy (non-hydrogen) atoms. The Balaban J connectivity index is 2.20. The zero-order valence-electron chi connectivity index (χ0n) is 8.88. The van der Waals surface area contributed by atoms with Crippen molar-refractivity contribution in [3.8, 4) is 0 Å². The van der Waals surface area contributed by atoms with Crippen LogP contribution in [-0.2, 0) is 0 Å². The van der Waals surface area contributed by atoms with Crippen molar-refractivity contribution >= 4 is 11.6 Å². The summed E-state index contributed by atoms with van der Waals surface area (Å²) in [7, 11) is 0. The van der Waals surface area contributed by atoms with Crippen LogP contribution in [0.25, 0.3) is 0 Å². The number of rotatable bonds is 3. The molecule has 2 aromatic rings. The first kappa shape index (κ1) is 11.2. The summed E-state index contributed by atoms with van der Waals surface area (Å²) in [5.41, 5.74) is 8.26. The van der Waals surface area contributed by atoms with Crippen molar-refractivity contribution in [1.29, 1.82) is 0 Å². The quantitative estimate of drug-likeness (QED) is 0.802. The van der Waals surface area contributed by atoms with Gasteiger partial charge < -0.3 is 5.73 Å². The maximum absolute atomic E-state index is 6.37. The van der Waals surface area contributed by atoms with Gasteiger partial charge in [0.15, 0.2) is 0 Å². The van der Waals surface area contributed by atoms with Gasteiger partial charge in [-0.1, -0.05) is 60.7 Å². The summed E-state index contributed by atoms with van der Waals surface area (Å²) in [6.45, 7) is 0. The van der Waals surface area contributed by atoms with Gasteiger partial charge in [-0.05, 0) is 11.1 Å². The summed E-state index contributed by atoms with van der Waals surface area (Å²) in [4.78, 5) is 0. The predicted octanol–water partition coefficient (Wildman–Crippen LogP) is 3.67. The molecule has 2 heteroatoms. The molecule has 2 atom stereocenters. The third-order valence-corrected chi connectivity index (χ3v) is 3.14. The van der Waals surface area contributed by atoms with Gasteiger partial charge in [-0.2, -0.15) is 0 Å². The molecule has 2 rings (SSSR count). The molecule has 2 aromatic carbocycles. The van der Waals surface area contributed by atoms with Gasteiger partial charge in [-0.15, -0.1) is 11.6 Å². The molecular weight excluding hydrogens is 218 g/mol. The van der Waals surface area contributed by atoms with Crippen LogP contribution in [0.2, 0.25) is 0 Å². The molecule has 0 amide bonds. The van der Waals surface area contributed by atoms with Crippen LogP contribution in [-0.4, -0.2) is 0 Å². The fourth-order valence-electron chi connectivity index (χ4n) is 1.69. The second kappa shape index (κ2) is 5.15. The van der Waals surface area contributed by atoms with Gasteiger partial charge >= 0.3 is 0 Å². The Labute approximate surface area is 101 Å². The van der Waals surface area contributed by atoms with Crippen molar-refractivity contribution in [2.24, 2.45) is 5.73 Å². The summed E-state index contributed by atoms with van der Waals surface area (Å²) in [5.74, 6) is 0. The molecule has 0 aromatic heterocycles. The number of benzene rings is 2. The molecule has 0 saturated heterocycles. The molecule has 0 fully saturated rings. The molecule has 0 bridgehead atoms. The van der Waals surface area contributed by atoms with Crippen LogP contribution >= 0.6 is 11.6 Å². The van der Waals surface area contributed by atoms with Gasteiger partial charge in [0.05, 0.1) is 11.4 Å². The maximum Gasteiger partial charge on any atom is 0.0778 e. The van der Waals surface area contributed by atoms with Gasteiger partial charge in [-0.3, -0.25) is 0 Å². The van der Waals surface area contributed by atoms with Crippen molar-refractivity contribution in [1.82, 2.24) is 0 Å². The molecule has 0 saturated carbocycles. The summed E-state index contributed by atoms with van der Waals surface area (Å²) < 4.78 is 0. The first-order valence-corrected chi connectivity index (χ1v) is 5.72. The lowest BCUT2D eigenvalue weighted by Gasteiger charge is -2.18. The zero-order chi connectivity index (χ0) is 11.4. The molecular formula is C14H14ClN. The van der Waals surface area contributed by atoms with Crippen molar-refractivity contribution in [2.75, 3.05) is 0 Å². The lowest BCUT2D eigenvalue weighted by Crippen LogP contribution is -2.15. The Kier molecular flexibility index (Phi) is 3.60. The Morgan fingerprint density at radius 1 is 0.750 bits per heavy atom. The van der Waals surface area contributed by atoms with Crippen LogP contribution in [0.3, 0.4) is 0 Å². The highest BCUT2D eigenvalue weighted by molar-refractivity contribution is 6.21. The highest BCUT2D eigenvalue weighted by Crippen LogP contribution is 2.32. The maximum atomic E-state index is 6.37. The van der Waals surface area contributed by atoms with E-state index in [1.54, 1.807) is 0 Å². The minimum Gasteiger partial charge on any atom is -0.322 e. The highest BCUT2D eigenvalue weighted by atomic mass is 35.5. The van der Waals surface area contributed by atoms with Gasteiger partial charge in [0.2, 0.25) is 0 Å². The van der Waals surface area contributed by atoms with Crippen LogP contribution < -0.4 is 5.73 Å². The average Bonchev–Trinajstić information content (AvgIpc) is 2.39. The van der Waals surface area contributed by atoms with Gasteiger partial charge in [-0.25, -0.2) is 0 Å². The van der Waals surface area contributed by atoms with Crippen LogP contribution in [0, 0.1) is 0 Å². The first-order chi connectivity index (χ1) is 7.79. The fraction of sp³-hybridized carbons (Fsp3) is 0.143. The normalized spacial score (nSPS) is 14.4. The van der Waals surface area contributed by atoms with E-state index in [0.717, 1.165) is 11.1 Å². The monoisotopic (exact) mass is 231 g/mol. The molecule has 0 unspecified atom stereocenters. The molecule has 0 spiro atoms. The molecule has 0 aliphatic rings. The van der Waals surface area contributed by atoms with E-state index in [-0.39, 0.29) is 11.4 Å². The number of hydrogen-bond acceptors (Lipinski definition) is 1. The van der Waals surface area contributed by atoms with Crippen LogP contribution in [0.15, 0.2) is 60.7 Å². The second-order valence-electron chi connectivity index (χ2n) is 3.75. The summed E-state index contributed by atoms with van der Waals surface area (Å²) in [6.07, 6.45) is 0. The molecule has 82 valence electrons. The number of nitrogens with two attached hydrogens (primary N) is 1. The predicted molar refractivity (Wildman–Crippen MR) is 68.4 cm³/mol. The van der Waals surface area contributed by atoms with E-state index in [4.69, 9.17) is 17.3 Å². The standard InChI is InChI=1S/C14H14ClN/c15-13(11-7-3-1-4-8-11)14(16)12-9-5-2-6-10-12/h1-10,13-14H,16H2/t13-,14+/m1/s1. The lowest BCUT2D eigenvalue weighted by molar-refractivity contribution is 0.697. The van der Waals surface area contributed by atoms with Crippen LogP contribution in [0.5, 0.6) is 0 Å². The third kappa shape index (κ3) is 2.43. The van der Waals surface area contributed by atoms with Crippen LogP contribution in [0.4, 0.5) is 0 Å². The van der Waals surface area contributed by atoms with E-state index in [1.165, 1.54) is 0 Å². The number of halogens is 1. The molecule has 0 heterocycles. The molecule has 0 aliphatic carbocycles. The van der Waals surface area contributed by atoms with E-state index >= 15 is 0 Å². The first-order valence-electron chi connectivity index (χ1n) is 5.28. The molecule has 1 nitrogen and oxygen atoms in total. The smallest absolute Gasteiger partial charge is 0.0778 e. The lowest BCUT2D eigenvalue weighted by atomic mass is 9.99. The topological polar surface area (TPSA) is 26.0 Å². The van der Waals surface area contributed by atoms with Crippen LogP contribution in [0.1, 0.15) is 22.5 Å². The Morgan fingerprint density at radius 3 is 1.69 bits per heavy atom. The minimum atomic E-state index is -0.191. The molecule has 0 radical (unpaired) electrons.